The van der Waals surface area contributed by atoms with Crippen molar-refractivity contribution in [1.29, 1.82) is 0 Å². The third-order valence-corrected chi connectivity index (χ3v) is 4.59. The van der Waals surface area contributed by atoms with Gasteiger partial charge in [-0.1, -0.05) is 12.8 Å². The van der Waals surface area contributed by atoms with Crippen molar-refractivity contribution in [3.05, 3.63) is 5.82 Å². The highest BCUT2D eigenvalue weighted by Gasteiger charge is 2.47. The Kier molecular flexibility index (Phi) is 2.42. The quantitative estimate of drug-likeness (QED) is 0.782. The minimum absolute atomic E-state index is 0.0578. The van der Waals surface area contributed by atoms with E-state index in [0.717, 1.165) is 12.2 Å². The van der Waals surface area contributed by atoms with E-state index in [-0.39, 0.29) is 5.54 Å². The zero-order valence-corrected chi connectivity index (χ0v) is 9.52. The third kappa shape index (κ3) is 1.54. The van der Waals surface area contributed by atoms with Crippen LogP contribution in [0.25, 0.3) is 0 Å². The number of aromatic amines is 1. The van der Waals surface area contributed by atoms with Gasteiger partial charge in [0, 0.05) is 12.0 Å². The Morgan fingerprint density at radius 2 is 1.81 bits per heavy atom. The number of rotatable bonds is 2. The fourth-order valence-corrected chi connectivity index (χ4v) is 3.75. The predicted molar refractivity (Wildman–Crippen MR) is 59.5 cm³/mol. The molecular weight excluding hydrogens is 202 g/mol. The van der Waals surface area contributed by atoms with E-state index < -0.39 is 0 Å². The lowest BCUT2D eigenvalue weighted by Gasteiger charge is -2.50. The van der Waals surface area contributed by atoms with Crippen LogP contribution in [0.2, 0.25) is 0 Å². The molecule has 5 heteroatoms. The molecule has 5 nitrogen and oxygen atoms in total. The maximum Gasteiger partial charge on any atom is 0.150 e. The SMILES string of the molecule is NC1(Cc2nnn[nH]2)C2CCCC1CCC2. The zero-order chi connectivity index (χ0) is 11.0. The average molecular weight is 221 g/mol. The van der Waals surface area contributed by atoms with Crippen LogP contribution in [-0.2, 0) is 6.42 Å². The molecule has 0 saturated heterocycles. The molecule has 16 heavy (non-hydrogen) atoms. The maximum atomic E-state index is 6.68. The maximum absolute atomic E-state index is 6.68. The van der Waals surface area contributed by atoms with E-state index in [2.05, 4.69) is 20.6 Å². The van der Waals surface area contributed by atoms with Crippen LogP contribution in [0.5, 0.6) is 0 Å². The molecule has 2 saturated carbocycles. The first-order valence-electron chi connectivity index (χ1n) is 6.30. The van der Waals surface area contributed by atoms with Gasteiger partial charge in [0.25, 0.3) is 0 Å². The molecule has 88 valence electrons. The summed E-state index contributed by atoms with van der Waals surface area (Å²) in [7, 11) is 0. The van der Waals surface area contributed by atoms with E-state index in [9.17, 15) is 0 Å². The van der Waals surface area contributed by atoms with Crippen LogP contribution < -0.4 is 5.73 Å². The molecule has 1 aromatic heterocycles. The molecule has 2 aliphatic rings. The van der Waals surface area contributed by atoms with Crippen molar-refractivity contribution in [2.24, 2.45) is 17.6 Å². The van der Waals surface area contributed by atoms with E-state index in [4.69, 9.17) is 5.73 Å². The minimum atomic E-state index is -0.0578. The normalized spacial score (nSPS) is 38.6. The molecule has 0 spiro atoms. The highest BCUT2D eigenvalue weighted by atomic mass is 15.5. The van der Waals surface area contributed by atoms with Crippen molar-refractivity contribution in [1.82, 2.24) is 20.6 Å². The summed E-state index contributed by atoms with van der Waals surface area (Å²) in [4.78, 5) is 0. The lowest BCUT2D eigenvalue weighted by molar-refractivity contribution is 0.0573. The summed E-state index contributed by atoms with van der Waals surface area (Å²) < 4.78 is 0. The molecule has 1 aromatic rings. The second-order valence-corrected chi connectivity index (χ2v) is 5.39. The average Bonchev–Trinajstić information content (AvgIpc) is 2.68. The fourth-order valence-electron chi connectivity index (χ4n) is 3.75. The first-order chi connectivity index (χ1) is 7.79. The number of H-pyrrole nitrogens is 1. The number of hydrogen-bond donors (Lipinski definition) is 2. The predicted octanol–water partition coefficient (Wildman–Crippen LogP) is 1.04. The summed E-state index contributed by atoms with van der Waals surface area (Å²) in [6, 6.07) is 0. The number of nitrogens with zero attached hydrogens (tertiary/aromatic N) is 3. The van der Waals surface area contributed by atoms with Crippen LogP contribution >= 0.6 is 0 Å². The number of fused-ring (bicyclic) bond motifs is 2. The standard InChI is InChI=1S/C11H19N5/c12-11(7-10-13-15-16-14-10)8-3-1-4-9(11)6-2-5-8/h8-9H,1-7,12H2,(H,13,14,15,16). The first-order valence-corrected chi connectivity index (χ1v) is 6.30. The molecule has 3 rings (SSSR count). The Balaban J connectivity index is 1.84. The third-order valence-electron chi connectivity index (χ3n) is 4.59. The summed E-state index contributed by atoms with van der Waals surface area (Å²) >= 11 is 0. The fraction of sp³-hybridized carbons (Fsp3) is 0.909. The minimum Gasteiger partial charge on any atom is -0.324 e. The molecule has 2 aliphatic carbocycles. The van der Waals surface area contributed by atoms with Crippen LogP contribution in [0.1, 0.15) is 44.3 Å². The van der Waals surface area contributed by atoms with Gasteiger partial charge < -0.3 is 5.73 Å². The Labute approximate surface area is 95.2 Å². The van der Waals surface area contributed by atoms with Crippen molar-refractivity contribution < 1.29 is 0 Å². The first kappa shape index (κ1) is 10.2. The van der Waals surface area contributed by atoms with Crippen molar-refractivity contribution >= 4 is 0 Å². The Morgan fingerprint density at radius 1 is 1.19 bits per heavy atom. The largest absolute Gasteiger partial charge is 0.324 e. The van der Waals surface area contributed by atoms with Gasteiger partial charge in [-0.2, -0.15) is 0 Å². The van der Waals surface area contributed by atoms with Gasteiger partial charge in [0.15, 0.2) is 0 Å². The Bertz CT molecular complexity index is 325. The van der Waals surface area contributed by atoms with Crippen LogP contribution in [-0.4, -0.2) is 26.2 Å². The summed E-state index contributed by atoms with van der Waals surface area (Å²) in [6.45, 7) is 0. The lowest BCUT2D eigenvalue weighted by Crippen LogP contribution is -2.59. The molecule has 0 atom stereocenters. The van der Waals surface area contributed by atoms with Crippen LogP contribution in [0.4, 0.5) is 0 Å². The van der Waals surface area contributed by atoms with Gasteiger partial charge in [-0.3, -0.25) is 0 Å². The molecule has 2 bridgehead atoms. The van der Waals surface area contributed by atoms with Gasteiger partial charge in [-0.25, -0.2) is 5.10 Å². The van der Waals surface area contributed by atoms with Gasteiger partial charge in [0.1, 0.15) is 5.82 Å². The smallest absolute Gasteiger partial charge is 0.150 e. The zero-order valence-electron chi connectivity index (χ0n) is 9.52. The Morgan fingerprint density at radius 3 is 2.31 bits per heavy atom. The van der Waals surface area contributed by atoms with Gasteiger partial charge in [0.05, 0.1) is 0 Å². The van der Waals surface area contributed by atoms with E-state index in [0.29, 0.717) is 11.8 Å². The second kappa shape index (κ2) is 3.80. The summed E-state index contributed by atoms with van der Waals surface area (Å²) in [5.41, 5.74) is 6.63. The number of tetrazole rings is 1. The van der Waals surface area contributed by atoms with Gasteiger partial charge in [-0.15, -0.1) is 5.10 Å². The van der Waals surface area contributed by atoms with Crippen molar-refractivity contribution in [3.63, 3.8) is 0 Å². The highest BCUT2D eigenvalue weighted by Crippen LogP contribution is 2.46. The van der Waals surface area contributed by atoms with Gasteiger partial charge in [0.2, 0.25) is 0 Å². The summed E-state index contributed by atoms with van der Waals surface area (Å²) in [5.74, 6) is 2.19. The number of nitrogens with one attached hydrogen (secondary N) is 1. The van der Waals surface area contributed by atoms with Crippen molar-refractivity contribution in [2.75, 3.05) is 0 Å². The number of nitrogens with two attached hydrogens (primary N) is 1. The topological polar surface area (TPSA) is 80.5 Å². The van der Waals surface area contributed by atoms with Gasteiger partial charge in [-0.05, 0) is 47.9 Å². The Hall–Kier alpha value is -0.970. The second-order valence-electron chi connectivity index (χ2n) is 5.39. The van der Waals surface area contributed by atoms with Crippen LogP contribution in [0.3, 0.4) is 0 Å². The molecule has 0 aromatic carbocycles. The van der Waals surface area contributed by atoms with E-state index in [1.165, 1.54) is 38.5 Å². The molecule has 0 radical (unpaired) electrons. The molecule has 2 fully saturated rings. The van der Waals surface area contributed by atoms with E-state index in [1.807, 2.05) is 0 Å². The number of aromatic nitrogens is 4. The molecule has 0 amide bonds. The highest BCUT2D eigenvalue weighted by molar-refractivity contribution is 5.07. The van der Waals surface area contributed by atoms with E-state index in [1.54, 1.807) is 0 Å². The number of hydrogen-bond acceptors (Lipinski definition) is 4. The van der Waals surface area contributed by atoms with Crippen LogP contribution in [0, 0.1) is 11.8 Å². The van der Waals surface area contributed by atoms with Gasteiger partial charge >= 0.3 is 0 Å². The summed E-state index contributed by atoms with van der Waals surface area (Å²) in [5, 5.41) is 14.1. The molecular formula is C11H19N5. The van der Waals surface area contributed by atoms with E-state index >= 15 is 0 Å². The van der Waals surface area contributed by atoms with Crippen LogP contribution in [0.15, 0.2) is 0 Å². The molecule has 3 N–H and O–H groups in total. The monoisotopic (exact) mass is 221 g/mol. The lowest BCUT2D eigenvalue weighted by atomic mass is 9.58. The molecule has 1 heterocycles. The van der Waals surface area contributed by atoms with Crippen molar-refractivity contribution in [2.45, 2.75) is 50.5 Å². The summed E-state index contributed by atoms with van der Waals surface area (Å²) in [6.07, 6.45) is 8.66. The molecule has 0 unspecified atom stereocenters. The van der Waals surface area contributed by atoms with Crippen molar-refractivity contribution in [3.8, 4) is 0 Å². The molecule has 0 aliphatic heterocycles.